The predicted octanol–water partition coefficient (Wildman–Crippen LogP) is 2.54. The van der Waals surface area contributed by atoms with E-state index in [-0.39, 0.29) is 5.91 Å². The first-order chi connectivity index (χ1) is 8.61. The number of thioether (sulfide) groups is 1. The van der Waals surface area contributed by atoms with Crippen molar-refractivity contribution >= 4 is 23.4 Å². The maximum Gasteiger partial charge on any atom is 0.256 e. The zero-order valence-corrected chi connectivity index (χ0v) is 11.8. The highest BCUT2D eigenvalue weighted by Gasteiger charge is 2.24. The first-order valence-corrected chi connectivity index (χ1v) is 7.43. The number of benzene rings is 1. The van der Waals surface area contributed by atoms with E-state index in [4.69, 9.17) is 5.73 Å². The van der Waals surface area contributed by atoms with Crippen molar-refractivity contribution in [1.29, 1.82) is 0 Å². The number of nitrogen functional groups attached to an aromatic ring is 1. The molecular weight excluding hydrogens is 244 g/mol. The Bertz CT molecular complexity index is 447. The van der Waals surface area contributed by atoms with Gasteiger partial charge in [-0.05, 0) is 31.0 Å². The minimum Gasteiger partial charge on any atom is -0.398 e. The molecule has 2 N–H and O–H groups in total. The van der Waals surface area contributed by atoms with Crippen LogP contribution in [-0.2, 0) is 0 Å². The Balaban J connectivity index is 2.15. The number of aryl methyl sites for hydroxylation is 1. The van der Waals surface area contributed by atoms with Gasteiger partial charge >= 0.3 is 0 Å². The number of hydrogen-bond acceptors (Lipinski definition) is 3. The third kappa shape index (κ3) is 2.80. The second-order valence-electron chi connectivity index (χ2n) is 4.74. The Hall–Kier alpha value is -1.16. The molecule has 2 rings (SSSR count). The number of amides is 1. The van der Waals surface area contributed by atoms with Crippen molar-refractivity contribution in [2.75, 3.05) is 24.6 Å². The van der Waals surface area contributed by atoms with Gasteiger partial charge in [0, 0.05) is 29.8 Å². The van der Waals surface area contributed by atoms with E-state index in [1.807, 2.05) is 41.8 Å². The summed E-state index contributed by atoms with van der Waals surface area (Å²) in [5, 5.41) is 0.564. The van der Waals surface area contributed by atoms with Crippen LogP contribution in [-0.4, -0.2) is 34.9 Å². The third-order valence-corrected chi connectivity index (χ3v) is 4.69. The lowest BCUT2D eigenvalue weighted by Crippen LogP contribution is -2.42. The lowest BCUT2D eigenvalue weighted by molar-refractivity contribution is 0.0762. The monoisotopic (exact) mass is 264 g/mol. The Morgan fingerprint density at radius 3 is 3.00 bits per heavy atom. The van der Waals surface area contributed by atoms with Crippen LogP contribution in [0, 0.1) is 6.92 Å². The van der Waals surface area contributed by atoms with Gasteiger partial charge in [-0.15, -0.1) is 0 Å². The fraction of sp³-hybridized carbons (Fsp3) is 0.500. The molecule has 1 amide bonds. The first-order valence-electron chi connectivity index (χ1n) is 6.38. The molecule has 3 nitrogen and oxygen atoms in total. The summed E-state index contributed by atoms with van der Waals surface area (Å²) in [4.78, 5) is 14.4. The van der Waals surface area contributed by atoms with Crippen molar-refractivity contribution < 1.29 is 4.79 Å². The van der Waals surface area contributed by atoms with Crippen molar-refractivity contribution in [3.8, 4) is 0 Å². The Morgan fingerprint density at radius 2 is 2.33 bits per heavy atom. The van der Waals surface area contributed by atoms with Gasteiger partial charge in [-0.25, -0.2) is 0 Å². The summed E-state index contributed by atoms with van der Waals surface area (Å²) >= 11 is 1.96. The quantitative estimate of drug-likeness (QED) is 0.835. The molecular formula is C14H20N2OS. The van der Waals surface area contributed by atoms with E-state index < -0.39 is 0 Å². The molecule has 1 saturated heterocycles. The molecule has 1 unspecified atom stereocenters. The normalized spacial score (nSPS) is 19.9. The number of anilines is 1. The Morgan fingerprint density at radius 1 is 1.56 bits per heavy atom. The van der Waals surface area contributed by atoms with Crippen molar-refractivity contribution in [2.45, 2.75) is 25.5 Å². The van der Waals surface area contributed by atoms with Crippen LogP contribution in [0.25, 0.3) is 0 Å². The maximum absolute atomic E-state index is 12.4. The maximum atomic E-state index is 12.4. The second kappa shape index (κ2) is 5.65. The van der Waals surface area contributed by atoms with E-state index in [0.717, 1.165) is 30.8 Å². The van der Waals surface area contributed by atoms with Crippen LogP contribution in [0.2, 0.25) is 0 Å². The van der Waals surface area contributed by atoms with Crippen LogP contribution in [0.1, 0.15) is 29.3 Å². The molecule has 0 aromatic heterocycles. The molecule has 4 heteroatoms. The van der Waals surface area contributed by atoms with Gasteiger partial charge in [0.2, 0.25) is 0 Å². The molecule has 1 atom stereocenters. The Kier molecular flexibility index (Phi) is 4.17. The van der Waals surface area contributed by atoms with Gasteiger partial charge in [0.1, 0.15) is 0 Å². The van der Waals surface area contributed by atoms with E-state index in [2.05, 4.69) is 6.92 Å². The molecule has 0 saturated carbocycles. The van der Waals surface area contributed by atoms with E-state index in [9.17, 15) is 4.79 Å². The number of nitrogens with two attached hydrogens (primary N) is 1. The summed E-state index contributed by atoms with van der Waals surface area (Å²) in [6.07, 6.45) is 1.11. The first kappa shape index (κ1) is 13.3. The van der Waals surface area contributed by atoms with Crippen LogP contribution >= 0.6 is 11.8 Å². The molecule has 0 bridgehead atoms. The van der Waals surface area contributed by atoms with Crippen LogP contribution < -0.4 is 5.73 Å². The summed E-state index contributed by atoms with van der Waals surface area (Å²) < 4.78 is 0. The van der Waals surface area contributed by atoms with Gasteiger partial charge in [0.15, 0.2) is 0 Å². The summed E-state index contributed by atoms with van der Waals surface area (Å²) in [5.74, 6) is 1.10. The van der Waals surface area contributed by atoms with Gasteiger partial charge < -0.3 is 10.6 Å². The molecule has 1 aliphatic rings. The zero-order chi connectivity index (χ0) is 13.1. The number of hydrogen-bond donors (Lipinski definition) is 1. The molecule has 1 aromatic rings. The van der Waals surface area contributed by atoms with E-state index >= 15 is 0 Å². The summed E-state index contributed by atoms with van der Waals surface area (Å²) in [7, 11) is 0. The van der Waals surface area contributed by atoms with Crippen LogP contribution in [0.4, 0.5) is 5.69 Å². The Labute approximate surface area is 113 Å². The van der Waals surface area contributed by atoms with Crippen LogP contribution in [0.5, 0.6) is 0 Å². The zero-order valence-electron chi connectivity index (χ0n) is 11.0. The summed E-state index contributed by atoms with van der Waals surface area (Å²) in [6, 6.07) is 5.65. The SMILES string of the molecule is CCC1CN(C(=O)c2ccc(C)cc2N)CCS1. The average molecular weight is 264 g/mol. The summed E-state index contributed by atoms with van der Waals surface area (Å²) in [5.41, 5.74) is 8.26. The van der Waals surface area contributed by atoms with Crippen LogP contribution in [0.3, 0.4) is 0 Å². The van der Waals surface area contributed by atoms with Gasteiger partial charge in [-0.3, -0.25) is 4.79 Å². The minimum atomic E-state index is 0.0752. The smallest absolute Gasteiger partial charge is 0.256 e. The number of carbonyl (C=O) groups excluding carboxylic acids is 1. The molecule has 0 aliphatic carbocycles. The molecule has 18 heavy (non-hydrogen) atoms. The van der Waals surface area contributed by atoms with Gasteiger partial charge in [0.05, 0.1) is 5.56 Å². The van der Waals surface area contributed by atoms with E-state index in [1.165, 1.54) is 0 Å². The van der Waals surface area contributed by atoms with Crippen molar-refractivity contribution in [1.82, 2.24) is 4.90 Å². The topological polar surface area (TPSA) is 46.3 Å². The molecule has 1 aliphatic heterocycles. The number of rotatable bonds is 2. The van der Waals surface area contributed by atoms with Gasteiger partial charge in [-0.1, -0.05) is 13.0 Å². The molecule has 0 radical (unpaired) electrons. The molecule has 98 valence electrons. The molecule has 1 aromatic carbocycles. The highest BCUT2D eigenvalue weighted by Crippen LogP contribution is 2.24. The minimum absolute atomic E-state index is 0.0752. The van der Waals surface area contributed by atoms with Gasteiger partial charge in [-0.2, -0.15) is 11.8 Å². The fourth-order valence-corrected chi connectivity index (χ4v) is 3.38. The van der Waals surface area contributed by atoms with E-state index in [1.54, 1.807) is 0 Å². The number of nitrogens with zero attached hydrogens (tertiary/aromatic N) is 1. The summed E-state index contributed by atoms with van der Waals surface area (Å²) in [6.45, 7) is 5.82. The predicted molar refractivity (Wildman–Crippen MR) is 78.0 cm³/mol. The molecule has 1 fully saturated rings. The lowest BCUT2D eigenvalue weighted by atomic mass is 10.1. The van der Waals surface area contributed by atoms with Crippen molar-refractivity contribution in [2.24, 2.45) is 0 Å². The highest BCUT2D eigenvalue weighted by atomic mass is 32.2. The van der Waals surface area contributed by atoms with Crippen molar-refractivity contribution in [3.63, 3.8) is 0 Å². The van der Waals surface area contributed by atoms with Gasteiger partial charge in [0.25, 0.3) is 5.91 Å². The average Bonchev–Trinajstić information content (AvgIpc) is 2.38. The largest absolute Gasteiger partial charge is 0.398 e. The lowest BCUT2D eigenvalue weighted by Gasteiger charge is -2.32. The fourth-order valence-electron chi connectivity index (χ4n) is 2.20. The third-order valence-electron chi connectivity index (χ3n) is 3.32. The molecule has 0 spiro atoms. The second-order valence-corrected chi connectivity index (χ2v) is 6.15. The standard InChI is InChI=1S/C14H20N2OS/c1-3-11-9-16(6-7-18-11)14(17)12-5-4-10(2)8-13(12)15/h4-5,8,11H,3,6-7,9,15H2,1-2H3. The van der Waals surface area contributed by atoms with Crippen molar-refractivity contribution in [3.05, 3.63) is 29.3 Å². The van der Waals surface area contributed by atoms with E-state index in [0.29, 0.717) is 16.5 Å². The number of carbonyl (C=O) groups is 1. The highest BCUT2D eigenvalue weighted by molar-refractivity contribution is 8.00. The molecule has 1 heterocycles. The van der Waals surface area contributed by atoms with Crippen LogP contribution in [0.15, 0.2) is 18.2 Å².